The van der Waals surface area contributed by atoms with Gasteiger partial charge in [-0.2, -0.15) is 0 Å². The van der Waals surface area contributed by atoms with E-state index in [0.29, 0.717) is 0 Å². The first-order valence-corrected chi connectivity index (χ1v) is 5.39. The lowest BCUT2D eigenvalue weighted by Gasteiger charge is -2.07. The summed E-state index contributed by atoms with van der Waals surface area (Å²) in [6.07, 6.45) is 1.83. The molecule has 1 heterocycles. The topological polar surface area (TPSA) is 24.9 Å². The number of hydrogen-bond acceptors (Lipinski definition) is 2. The molecule has 72 valence electrons. The predicted octanol–water partition coefficient (Wildman–Crippen LogP) is 3.43. The Labute approximate surface area is 91.5 Å². The molecule has 0 saturated heterocycles. The molecule has 1 aromatic heterocycles. The summed E-state index contributed by atoms with van der Waals surface area (Å²) in [6.45, 7) is 2.96. The molecule has 0 aliphatic heterocycles. The van der Waals surface area contributed by atoms with Gasteiger partial charge in [0.25, 0.3) is 0 Å². The molecule has 0 unspecified atom stereocenters. The SMILES string of the molecule is CCNc1ncc(Br)c2ccccc12. The third kappa shape index (κ3) is 1.60. The molecule has 1 N–H and O–H groups in total. The number of halogens is 1. The molecule has 0 fully saturated rings. The Kier molecular flexibility index (Phi) is 2.68. The second-order valence-electron chi connectivity index (χ2n) is 3.03. The Morgan fingerprint density at radius 2 is 2.00 bits per heavy atom. The third-order valence-corrected chi connectivity index (χ3v) is 2.72. The van der Waals surface area contributed by atoms with Gasteiger partial charge in [0, 0.05) is 28.0 Å². The number of benzene rings is 1. The van der Waals surface area contributed by atoms with Crippen molar-refractivity contribution in [1.29, 1.82) is 0 Å². The molecule has 0 bridgehead atoms. The largest absolute Gasteiger partial charge is 0.370 e. The first-order valence-electron chi connectivity index (χ1n) is 4.60. The monoisotopic (exact) mass is 250 g/mol. The van der Waals surface area contributed by atoms with Crippen molar-refractivity contribution in [1.82, 2.24) is 4.98 Å². The number of pyridine rings is 1. The molecule has 0 radical (unpaired) electrons. The minimum atomic E-state index is 0.888. The molecular weight excluding hydrogens is 240 g/mol. The van der Waals surface area contributed by atoms with Crippen LogP contribution in [-0.4, -0.2) is 11.5 Å². The highest BCUT2D eigenvalue weighted by atomic mass is 79.9. The van der Waals surface area contributed by atoms with Gasteiger partial charge in [0.15, 0.2) is 0 Å². The zero-order valence-corrected chi connectivity index (χ0v) is 9.51. The molecule has 0 spiro atoms. The number of anilines is 1. The van der Waals surface area contributed by atoms with Crippen molar-refractivity contribution < 1.29 is 0 Å². The van der Waals surface area contributed by atoms with E-state index in [1.54, 1.807) is 0 Å². The van der Waals surface area contributed by atoms with Crippen LogP contribution in [0.15, 0.2) is 34.9 Å². The maximum absolute atomic E-state index is 4.34. The summed E-state index contributed by atoms with van der Waals surface area (Å²) in [5.41, 5.74) is 0. The summed E-state index contributed by atoms with van der Waals surface area (Å²) >= 11 is 3.49. The quantitative estimate of drug-likeness (QED) is 0.884. The normalized spacial score (nSPS) is 10.4. The first-order chi connectivity index (χ1) is 6.83. The lowest BCUT2D eigenvalue weighted by molar-refractivity contribution is 1.17. The highest BCUT2D eigenvalue weighted by Gasteiger charge is 2.03. The van der Waals surface area contributed by atoms with Crippen molar-refractivity contribution in [2.24, 2.45) is 0 Å². The molecule has 3 heteroatoms. The van der Waals surface area contributed by atoms with Crippen LogP contribution in [-0.2, 0) is 0 Å². The molecule has 2 rings (SSSR count). The zero-order valence-electron chi connectivity index (χ0n) is 7.92. The Balaban J connectivity index is 2.68. The van der Waals surface area contributed by atoms with Crippen molar-refractivity contribution in [2.75, 3.05) is 11.9 Å². The number of nitrogens with one attached hydrogen (secondary N) is 1. The molecule has 0 amide bonds. The summed E-state index contributed by atoms with van der Waals surface area (Å²) in [6, 6.07) is 8.22. The fourth-order valence-electron chi connectivity index (χ4n) is 1.47. The van der Waals surface area contributed by atoms with Crippen LogP contribution in [0.25, 0.3) is 10.8 Å². The molecule has 0 aliphatic carbocycles. The molecule has 0 saturated carbocycles. The van der Waals surface area contributed by atoms with Crippen LogP contribution in [0.1, 0.15) is 6.92 Å². The second kappa shape index (κ2) is 3.96. The van der Waals surface area contributed by atoms with Crippen LogP contribution in [0, 0.1) is 0 Å². The van der Waals surface area contributed by atoms with Crippen molar-refractivity contribution in [3.8, 4) is 0 Å². The average Bonchev–Trinajstić information content (AvgIpc) is 2.23. The van der Waals surface area contributed by atoms with E-state index < -0.39 is 0 Å². The van der Waals surface area contributed by atoms with Gasteiger partial charge >= 0.3 is 0 Å². The van der Waals surface area contributed by atoms with Gasteiger partial charge in [-0.1, -0.05) is 24.3 Å². The van der Waals surface area contributed by atoms with Crippen LogP contribution in [0.3, 0.4) is 0 Å². The number of aromatic nitrogens is 1. The Morgan fingerprint density at radius 3 is 2.71 bits per heavy atom. The maximum Gasteiger partial charge on any atom is 0.133 e. The molecule has 0 aliphatic rings. The molecular formula is C11H11BrN2. The van der Waals surface area contributed by atoms with Crippen LogP contribution < -0.4 is 5.32 Å². The first kappa shape index (κ1) is 9.46. The minimum Gasteiger partial charge on any atom is -0.370 e. The van der Waals surface area contributed by atoms with Gasteiger partial charge < -0.3 is 5.32 Å². The van der Waals surface area contributed by atoms with Crippen LogP contribution in [0.2, 0.25) is 0 Å². The molecule has 0 atom stereocenters. The molecule has 14 heavy (non-hydrogen) atoms. The number of nitrogens with zero attached hydrogens (tertiary/aromatic N) is 1. The summed E-state index contributed by atoms with van der Waals surface area (Å²) in [7, 11) is 0. The maximum atomic E-state index is 4.34. The van der Waals surface area contributed by atoms with E-state index in [-0.39, 0.29) is 0 Å². The van der Waals surface area contributed by atoms with E-state index in [1.807, 2.05) is 18.3 Å². The summed E-state index contributed by atoms with van der Waals surface area (Å²) in [5.74, 6) is 0.950. The van der Waals surface area contributed by atoms with Gasteiger partial charge in [0.2, 0.25) is 0 Å². The summed E-state index contributed by atoms with van der Waals surface area (Å²) in [5, 5.41) is 5.60. The van der Waals surface area contributed by atoms with Crippen LogP contribution in [0.4, 0.5) is 5.82 Å². The van der Waals surface area contributed by atoms with Crippen molar-refractivity contribution in [3.63, 3.8) is 0 Å². The number of hydrogen-bond donors (Lipinski definition) is 1. The van der Waals surface area contributed by atoms with Gasteiger partial charge in [0.1, 0.15) is 5.82 Å². The predicted molar refractivity (Wildman–Crippen MR) is 63.6 cm³/mol. The molecule has 2 aromatic rings. The molecule has 2 nitrogen and oxygen atoms in total. The van der Waals surface area contributed by atoms with Gasteiger partial charge in [-0.05, 0) is 22.9 Å². The fraction of sp³-hybridized carbons (Fsp3) is 0.182. The van der Waals surface area contributed by atoms with E-state index in [9.17, 15) is 0 Å². The number of fused-ring (bicyclic) bond motifs is 1. The van der Waals surface area contributed by atoms with Crippen LogP contribution in [0.5, 0.6) is 0 Å². The van der Waals surface area contributed by atoms with Gasteiger partial charge in [-0.3, -0.25) is 0 Å². The lowest BCUT2D eigenvalue weighted by atomic mass is 10.1. The smallest absolute Gasteiger partial charge is 0.133 e. The average molecular weight is 251 g/mol. The zero-order chi connectivity index (χ0) is 9.97. The van der Waals surface area contributed by atoms with E-state index in [4.69, 9.17) is 0 Å². The summed E-state index contributed by atoms with van der Waals surface area (Å²) in [4.78, 5) is 4.34. The van der Waals surface area contributed by atoms with Crippen molar-refractivity contribution >= 4 is 32.5 Å². The number of rotatable bonds is 2. The van der Waals surface area contributed by atoms with Gasteiger partial charge in [0.05, 0.1) is 0 Å². The summed E-state index contributed by atoms with van der Waals surface area (Å²) < 4.78 is 1.04. The Morgan fingerprint density at radius 1 is 1.29 bits per heavy atom. The van der Waals surface area contributed by atoms with E-state index >= 15 is 0 Å². The standard InChI is InChI=1S/C11H11BrN2/c1-2-13-11-9-6-4-3-5-8(9)10(12)7-14-11/h3-7H,2H2,1H3,(H,13,14). The Bertz CT molecular complexity index is 454. The molecule has 1 aromatic carbocycles. The van der Waals surface area contributed by atoms with E-state index in [2.05, 4.69) is 45.3 Å². The Hall–Kier alpha value is -1.09. The van der Waals surface area contributed by atoms with Crippen molar-refractivity contribution in [2.45, 2.75) is 6.92 Å². The van der Waals surface area contributed by atoms with Crippen LogP contribution >= 0.6 is 15.9 Å². The highest BCUT2D eigenvalue weighted by Crippen LogP contribution is 2.27. The lowest BCUT2D eigenvalue weighted by Crippen LogP contribution is -1.99. The second-order valence-corrected chi connectivity index (χ2v) is 3.88. The highest BCUT2D eigenvalue weighted by molar-refractivity contribution is 9.10. The van der Waals surface area contributed by atoms with Gasteiger partial charge in [-0.15, -0.1) is 0 Å². The fourth-order valence-corrected chi connectivity index (χ4v) is 1.91. The van der Waals surface area contributed by atoms with Gasteiger partial charge in [-0.25, -0.2) is 4.98 Å². The van der Waals surface area contributed by atoms with Crippen molar-refractivity contribution in [3.05, 3.63) is 34.9 Å². The van der Waals surface area contributed by atoms with E-state index in [1.165, 1.54) is 5.39 Å². The van der Waals surface area contributed by atoms with E-state index in [0.717, 1.165) is 22.2 Å². The minimum absolute atomic E-state index is 0.888. The third-order valence-electron chi connectivity index (χ3n) is 2.09.